The van der Waals surface area contributed by atoms with E-state index in [1.807, 2.05) is 0 Å². The molecule has 0 aromatic carbocycles. The smallest absolute Gasteiger partial charge is 0.223 e. The fourth-order valence-corrected chi connectivity index (χ4v) is 3.06. The van der Waals surface area contributed by atoms with Gasteiger partial charge in [-0.25, -0.2) is 0 Å². The summed E-state index contributed by atoms with van der Waals surface area (Å²) in [7, 11) is 0. The first-order valence-electron chi connectivity index (χ1n) is 7.50. The maximum absolute atomic E-state index is 12.1. The zero-order valence-corrected chi connectivity index (χ0v) is 12.5. The van der Waals surface area contributed by atoms with Crippen LogP contribution < -0.4 is 10.6 Å². The van der Waals surface area contributed by atoms with Gasteiger partial charge in [-0.15, -0.1) is 0 Å². The van der Waals surface area contributed by atoms with Crippen molar-refractivity contribution in [3.05, 3.63) is 0 Å². The fraction of sp³-hybridized carbons (Fsp3) is 0.933. The van der Waals surface area contributed by atoms with Gasteiger partial charge in [0.15, 0.2) is 0 Å². The Morgan fingerprint density at radius 2 is 1.94 bits per heavy atom. The SMILES string of the molecule is CC(C)C(C(=O)NCCC1CCCNC1)C(C)C. The largest absolute Gasteiger partial charge is 0.356 e. The van der Waals surface area contributed by atoms with Crippen molar-refractivity contribution < 1.29 is 4.79 Å². The minimum atomic E-state index is 0.148. The molecule has 18 heavy (non-hydrogen) atoms. The Bertz CT molecular complexity index is 237. The highest BCUT2D eigenvalue weighted by Gasteiger charge is 2.25. The van der Waals surface area contributed by atoms with Gasteiger partial charge in [0.2, 0.25) is 5.91 Å². The first-order valence-corrected chi connectivity index (χ1v) is 7.50. The third-order valence-electron chi connectivity index (χ3n) is 3.99. The van der Waals surface area contributed by atoms with Gasteiger partial charge in [-0.05, 0) is 50.1 Å². The van der Waals surface area contributed by atoms with Crippen molar-refractivity contribution in [2.75, 3.05) is 19.6 Å². The van der Waals surface area contributed by atoms with Gasteiger partial charge in [0, 0.05) is 12.5 Å². The van der Waals surface area contributed by atoms with Crippen LogP contribution in [-0.2, 0) is 4.79 Å². The van der Waals surface area contributed by atoms with Gasteiger partial charge in [-0.3, -0.25) is 4.79 Å². The van der Waals surface area contributed by atoms with Crippen LogP contribution in [0.1, 0.15) is 47.0 Å². The zero-order chi connectivity index (χ0) is 13.5. The predicted octanol–water partition coefficient (Wildman–Crippen LogP) is 2.42. The monoisotopic (exact) mass is 254 g/mol. The second-order valence-corrected chi connectivity index (χ2v) is 6.31. The van der Waals surface area contributed by atoms with Crippen molar-refractivity contribution in [3.63, 3.8) is 0 Å². The molecule has 0 aromatic heterocycles. The molecular weight excluding hydrogens is 224 g/mol. The molecule has 1 aliphatic heterocycles. The number of rotatable bonds is 6. The molecule has 1 aliphatic rings. The number of carbonyl (C=O) groups is 1. The van der Waals surface area contributed by atoms with Crippen molar-refractivity contribution in [3.8, 4) is 0 Å². The lowest BCUT2D eigenvalue weighted by atomic mass is 9.85. The molecule has 1 amide bonds. The molecule has 0 radical (unpaired) electrons. The van der Waals surface area contributed by atoms with E-state index in [-0.39, 0.29) is 11.8 Å². The molecule has 0 aliphatic carbocycles. The van der Waals surface area contributed by atoms with Gasteiger partial charge in [-0.1, -0.05) is 27.7 Å². The Hall–Kier alpha value is -0.570. The van der Waals surface area contributed by atoms with Crippen LogP contribution in [0.3, 0.4) is 0 Å². The second-order valence-electron chi connectivity index (χ2n) is 6.31. The summed E-state index contributed by atoms with van der Waals surface area (Å²) in [6.45, 7) is 11.6. The van der Waals surface area contributed by atoms with E-state index in [0.29, 0.717) is 11.8 Å². The average molecular weight is 254 g/mol. The van der Waals surface area contributed by atoms with Crippen LogP contribution >= 0.6 is 0 Å². The minimum Gasteiger partial charge on any atom is -0.356 e. The molecule has 106 valence electrons. The number of hydrogen-bond acceptors (Lipinski definition) is 2. The first-order chi connectivity index (χ1) is 8.52. The van der Waals surface area contributed by atoms with Crippen molar-refractivity contribution in [1.29, 1.82) is 0 Å². The Morgan fingerprint density at radius 1 is 1.28 bits per heavy atom. The summed E-state index contributed by atoms with van der Waals surface area (Å²) >= 11 is 0. The molecule has 1 unspecified atom stereocenters. The van der Waals surface area contributed by atoms with Gasteiger partial charge >= 0.3 is 0 Å². The Morgan fingerprint density at radius 3 is 2.44 bits per heavy atom. The molecule has 0 bridgehead atoms. The molecule has 1 atom stereocenters. The van der Waals surface area contributed by atoms with Gasteiger partial charge < -0.3 is 10.6 Å². The van der Waals surface area contributed by atoms with Crippen molar-refractivity contribution in [1.82, 2.24) is 10.6 Å². The highest BCUT2D eigenvalue weighted by atomic mass is 16.1. The lowest BCUT2D eigenvalue weighted by Gasteiger charge is -2.25. The zero-order valence-electron chi connectivity index (χ0n) is 12.5. The number of piperidine rings is 1. The molecule has 1 saturated heterocycles. The van der Waals surface area contributed by atoms with Crippen LogP contribution in [-0.4, -0.2) is 25.5 Å². The standard InChI is InChI=1S/C15H30N2O/c1-11(2)14(12(3)4)15(18)17-9-7-13-6-5-8-16-10-13/h11-14,16H,5-10H2,1-4H3,(H,17,18). The Balaban J connectivity index is 2.26. The Kier molecular flexibility index (Phi) is 6.69. The quantitative estimate of drug-likeness (QED) is 0.764. The highest BCUT2D eigenvalue weighted by Crippen LogP contribution is 2.20. The van der Waals surface area contributed by atoms with E-state index in [1.165, 1.54) is 12.8 Å². The molecule has 0 spiro atoms. The van der Waals surface area contributed by atoms with Gasteiger partial charge in [0.25, 0.3) is 0 Å². The van der Waals surface area contributed by atoms with E-state index >= 15 is 0 Å². The number of hydrogen-bond donors (Lipinski definition) is 2. The summed E-state index contributed by atoms with van der Waals surface area (Å²) in [5.41, 5.74) is 0. The number of carbonyl (C=O) groups excluding carboxylic acids is 1. The van der Waals surface area contributed by atoms with Gasteiger partial charge in [0.1, 0.15) is 0 Å². The third-order valence-corrected chi connectivity index (χ3v) is 3.99. The lowest BCUT2D eigenvalue weighted by Crippen LogP contribution is -2.38. The molecular formula is C15H30N2O. The van der Waals surface area contributed by atoms with Crippen molar-refractivity contribution in [2.24, 2.45) is 23.7 Å². The summed E-state index contributed by atoms with van der Waals surface area (Å²) < 4.78 is 0. The van der Waals surface area contributed by atoms with E-state index in [4.69, 9.17) is 0 Å². The van der Waals surface area contributed by atoms with E-state index in [0.717, 1.165) is 32.0 Å². The summed E-state index contributed by atoms with van der Waals surface area (Å²) in [6, 6.07) is 0. The summed E-state index contributed by atoms with van der Waals surface area (Å²) in [5, 5.41) is 6.55. The molecule has 1 heterocycles. The maximum atomic E-state index is 12.1. The maximum Gasteiger partial charge on any atom is 0.223 e. The Labute approximate surface area is 112 Å². The second kappa shape index (κ2) is 7.78. The van der Waals surface area contributed by atoms with E-state index in [1.54, 1.807) is 0 Å². The van der Waals surface area contributed by atoms with Crippen LogP contribution in [0.2, 0.25) is 0 Å². The van der Waals surface area contributed by atoms with Crippen LogP contribution in [0.5, 0.6) is 0 Å². The molecule has 3 nitrogen and oxygen atoms in total. The van der Waals surface area contributed by atoms with Crippen LogP contribution in [0.4, 0.5) is 0 Å². The third kappa shape index (κ3) is 4.97. The highest BCUT2D eigenvalue weighted by molar-refractivity contribution is 5.79. The molecule has 2 N–H and O–H groups in total. The molecule has 0 aromatic rings. The lowest BCUT2D eigenvalue weighted by molar-refractivity contribution is -0.127. The van der Waals surface area contributed by atoms with Crippen LogP contribution in [0.15, 0.2) is 0 Å². The van der Waals surface area contributed by atoms with E-state index < -0.39 is 0 Å². The minimum absolute atomic E-state index is 0.148. The molecule has 0 saturated carbocycles. The predicted molar refractivity (Wildman–Crippen MR) is 76.4 cm³/mol. The fourth-order valence-electron chi connectivity index (χ4n) is 3.06. The van der Waals surface area contributed by atoms with Gasteiger partial charge in [0.05, 0.1) is 0 Å². The van der Waals surface area contributed by atoms with Crippen molar-refractivity contribution >= 4 is 5.91 Å². The molecule has 3 heteroatoms. The normalized spacial score (nSPS) is 20.7. The topological polar surface area (TPSA) is 41.1 Å². The van der Waals surface area contributed by atoms with Crippen LogP contribution in [0, 0.1) is 23.7 Å². The average Bonchev–Trinajstić information content (AvgIpc) is 2.29. The number of nitrogens with one attached hydrogen (secondary N) is 2. The van der Waals surface area contributed by atoms with Crippen molar-refractivity contribution in [2.45, 2.75) is 47.0 Å². The van der Waals surface area contributed by atoms with Crippen LogP contribution in [0.25, 0.3) is 0 Å². The summed E-state index contributed by atoms with van der Waals surface area (Å²) in [6.07, 6.45) is 3.70. The number of amides is 1. The first kappa shape index (κ1) is 15.5. The summed E-state index contributed by atoms with van der Waals surface area (Å²) in [5.74, 6) is 1.97. The molecule has 1 rings (SSSR count). The van der Waals surface area contributed by atoms with E-state index in [2.05, 4.69) is 38.3 Å². The van der Waals surface area contributed by atoms with E-state index in [9.17, 15) is 4.79 Å². The summed E-state index contributed by atoms with van der Waals surface area (Å²) in [4.78, 5) is 12.1. The molecule has 1 fully saturated rings. The van der Waals surface area contributed by atoms with Gasteiger partial charge in [-0.2, -0.15) is 0 Å².